The van der Waals surface area contributed by atoms with Gasteiger partial charge in [0.05, 0.1) is 36.0 Å². The largest absolute Gasteiger partial charge is 0.377 e. The third-order valence-electron chi connectivity index (χ3n) is 5.19. The summed E-state index contributed by atoms with van der Waals surface area (Å²) in [7, 11) is 0. The van der Waals surface area contributed by atoms with Gasteiger partial charge in [-0.3, -0.25) is 24.5 Å². The summed E-state index contributed by atoms with van der Waals surface area (Å²) in [5.41, 5.74) is 2.97. The molecule has 1 saturated heterocycles. The van der Waals surface area contributed by atoms with E-state index >= 15 is 0 Å². The Morgan fingerprint density at radius 3 is 2.74 bits per heavy atom. The second-order valence-electron chi connectivity index (χ2n) is 7.19. The van der Waals surface area contributed by atoms with Crippen LogP contribution in [-0.2, 0) is 4.74 Å². The maximum atomic E-state index is 12.9. The van der Waals surface area contributed by atoms with Crippen LogP contribution in [0.5, 0.6) is 0 Å². The zero-order valence-corrected chi connectivity index (χ0v) is 16.4. The maximum Gasteiger partial charge on any atom is 0.267 e. The van der Waals surface area contributed by atoms with Crippen molar-refractivity contribution in [1.29, 1.82) is 0 Å². The molecule has 1 aliphatic rings. The second-order valence-corrected chi connectivity index (χ2v) is 7.19. The number of nitrogens with one attached hydrogen (secondary N) is 1. The van der Waals surface area contributed by atoms with E-state index in [1.807, 2.05) is 12.1 Å². The Hall–Kier alpha value is -3.98. The molecule has 0 radical (unpaired) electrons. The van der Waals surface area contributed by atoms with Crippen molar-refractivity contribution in [3.63, 3.8) is 0 Å². The molecule has 1 aromatic carbocycles. The normalized spacial score (nSPS) is 18.2. The Kier molecular flexibility index (Phi) is 4.93. The van der Waals surface area contributed by atoms with E-state index in [9.17, 15) is 9.59 Å². The van der Waals surface area contributed by atoms with Gasteiger partial charge in [-0.15, -0.1) is 0 Å². The van der Waals surface area contributed by atoms with Crippen LogP contribution in [0, 0.1) is 0 Å². The van der Waals surface area contributed by atoms with Crippen LogP contribution in [0.3, 0.4) is 0 Å². The lowest BCUT2D eigenvalue weighted by molar-refractivity contribution is 0.0925. The van der Waals surface area contributed by atoms with Gasteiger partial charge in [0.2, 0.25) is 0 Å². The highest BCUT2D eigenvalue weighted by molar-refractivity contribution is 5.97. The molecule has 9 heteroatoms. The Labute approximate surface area is 176 Å². The summed E-state index contributed by atoms with van der Waals surface area (Å²) in [4.78, 5) is 38.0. The van der Waals surface area contributed by atoms with Gasteiger partial charge >= 0.3 is 0 Å². The molecule has 4 heterocycles. The molecular formula is C22H18N6O3. The minimum absolute atomic E-state index is 0.261. The van der Waals surface area contributed by atoms with Crippen molar-refractivity contribution in [3.05, 3.63) is 83.2 Å². The van der Waals surface area contributed by atoms with E-state index in [-0.39, 0.29) is 24.7 Å². The van der Waals surface area contributed by atoms with Gasteiger partial charge in [0, 0.05) is 42.0 Å². The molecule has 2 atom stereocenters. The van der Waals surface area contributed by atoms with Crippen LogP contribution in [0.1, 0.15) is 16.4 Å². The summed E-state index contributed by atoms with van der Waals surface area (Å²) in [6.07, 6.45) is 6.55. The number of benzene rings is 1. The first-order valence-electron chi connectivity index (χ1n) is 9.79. The number of amides is 1. The van der Waals surface area contributed by atoms with Crippen LogP contribution in [0.15, 0.2) is 72.0 Å². The standard InChI is InChI=1S/C22H18N6O3/c29-21-6-5-16(15-2-1-7-23-11-15)27-28(21)20-13-31-12-19(20)26-22(30)14-3-4-17-18(10-14)25-9-8-24-17/h1-11,19-20H,12-13H2,(H,26,30). The van der Waals surface area contributed by atoms with Crippen molar-refractivity contribution in [2.45, 2.75) is 12.1 Å². The third-order valence-corrected chi connectivity index (χ3v) is 5.19. The minimum atomic E-state index is -0.423. The summed E-state index contributed by atoms with van der Waals surface area (Å²) >= 11 is 0. The van der Waals surface area contributed by atoms with Crippen molar-refractivity contribution >= 4 is 16.9 Å². The van der Waals surface area contributed by atoms with Gasteiger partial charge in [0.15, 0.2) is 0 Å². The quantitative estimate of drug-likeness (QED) is 0.540. The highest BCUT2D eigenvalue weighted by Crippen LogP contribution is 2.20. The zero-order valence-electron chi connectivity index (χ0n) is 16.4. The van der Waals surface area contributed by atoms with E-state index in [4.69, 9.17) is 4.74 Å². The average molecular weight is 414 g/mol. The first-order valence-corrected chi connectivity index (χ1v) is 9.79. The first kappa shape index (κ1) is 19.0. The Balaban J connectivity index is 1.41. The van der Waals surface area contributed by atoms with E-state index in [0.29, 0.717) is 22.3 Å². The number of pyridine rings is 1. The van der Waals surface area contributed by atoms with E-state index in [2.05, 4.69) is 25.4 Å². The highest BCUT2D eigenvalue weighted by Gasteiger charge is 2.33. The van der Waals surface area contributed by atoms with E-state index in [0.717, 1.165) is 5.56 Å². The van der Waals surface area contributed by atoms with E-state index < -0.39 is 12.1 Å². The van der Waals surface area contributed by atoms with Gasteiger partial charge < -0.3 is 10.1 Å². The number of ether oxygens (including phenoxy) is 1. The fourth-order valence-electron chi connectivity index (χ4n) is 3.61. The summed E-state index contributed by atoms with van der Waals surface area (Å²) in [6, 6.07) is 11.1. The summed E-state index contributed by atoms with van der Waals surface area (Å²) < 4.78 is 6.96. The molecule has 2 unspecified atom stereocenters. The number of fused-ring (bicyclic) bond motifs is 1. The van der Waals surface area contributed by atoms with Crippen molar-refractivity contribution in [1.82, 2.24) is 30.0 Å². The van der Waals surface area contributed by atoms with Crippen LogP contribution < -0.4 is 10.9 Å². The molecular weight excluding hydrogens is 396 g/mol. The second kappa shape index (κ2) is 8.04. The summed E-state index contributed by atoms with van der Waals surface area (Å²) in [5.74, 6) is -0.274. The smallest absolute Gasteiger partial charge is 0.267 e. The lowest BCUT2D eigenvalue weighted by Crippen LogP contribution is -2.44. The monoisotopic (exact) mass is 414 g/mol. The van der Waals surface area contributed by atoms with Crippen molar-refractivity contribution < 1.29 is 9.53 Å². The number of carbonyl (C=O) groups excluding carboxylic acids is 1. The predicted molar refractivity (Wildman–Crippen MR) is 112 cm³/mol. The van der Waals surface area contributed by atoms with Crippen LogP contribution in [-0.4, -0.2) is 49.9 Å². The Morgan fingerprint density at radius 2 is 1.90 bits per heavy atom. The molecule has 4 aromatic rings. The molecule has 3 aromatic heterocycles. The van der Waals surface area contributed by atoms with Crippen LogP contribution in [0.2, 0.25) is 0 Å². The molecule has 1 aliphatic heterocycles. The van der Waals surface area contributed by atoms with Crippen molar-refractivity contribution in [2.75, 3.05) is 13.2 Å². The fraction of sp³-hybridized carbons (Fsp3) is 0.182. The number of hydrogen-bond donors (Lipinski definition) is 1. The highest BCUT2D eigenvalue weighted by atomic mass is 16.5. The van der Waals surface area contributed by atoms with Crippen LogP contribution >= 0.6 is 0 Å². The molecule has 0 spiro atoms. The van der Waals surface area contributed by atoms with E-state index in [1.165, 1.54) is 10.7 Å². The van der Waals surface area contributed by atoms with Crippen LogP contribution in [0.25, 0.3) is 22.3 Å². The van der Waals surface area contributed by atoms with Crippen molar-refractivity contribution in [2.24, 2.45) is 0 Å². The van der Waals surface area contributed by atoms with Gasteiger partial charge in [-0.25, -0.2) is 4.68 Å². The number of carbonyl (C=O) groups is 1. The Bertz CT molecular complexity index is 1310. The third kappa shape index (κ3) is 3.78. The van der Waals surface area contributed by atoms with Gasteiger partial charge in [-0.05, 0) is 36.4 Å². The fourth-order valence-corrected chi connectivity index (χ4v) is 3.61. The number of rotatable bonds is 4. The molecule has 0 aliphatic carbocycles. The van der Waals surface area contributed by atoms with Gasteiger partial charge in [-0.2, -0.15) is 5.10 Å². The Morgan fingerprint density at radius 1 is 1.03 bits per heavy atom. The molecule has 0 saturated carbocycles. The molecule has 1 amide bonds. The van der Waals surface area contributed by atoms with Gasteiger partial charge in [0.25, 0.3) is 11.5 Å². The molecule has 0 bridgehead atoms. The topological polar surface area (TPSA) is 112 Å². The first-order chi connectivity index (χ1) is 15.2. The number of nitrogens with zero attached hydrogens (tertiary/aromatic N) is 5. The predicted octanol–water partition coefficient (Wildman–Crippen LogP) is 1.62. The lowest BCUT2D eigenvalue weighted by atomic mass is 10.1. The molecule has 5 rings (SSSR count). The zero-order chi connectivity index (χ0) is 21.2. The molecule has 31 heavy (non-hydrogen) atoms. The van der Waals surface area contributed by atoms with Gasteiger partial charge in [-0.1, -0.05) is 0 Å². The average Bonchev–Trinajstić information content (AvgIpc) is 3.27. The molecule has 1 N–H and O–H groups in total. The number of aromatic nitrogens is 5. The molecule has 154 valence electrons. The SMILES string of the molecule is O=C(NC1COCC1n1nc(-c2cccnc2)ccc1=O)c1ccc2nccnc2c1. The number of hydrogen-bond acceptors (Lipinski definition) is 7. The minimum Gasteiger partial charge on any atom is -0.377 e. The lowest BCUT2D eigenvalue weighted by Gasteiger charge is -2.20. The summed E-state index contributed by atoms with van der Waals surface area (Å²) in [5, 5.41) is 7.48. The van der Waals surface area contributed by atoms with E-state index in [1.54, 1.807) is 49.1 Å². The molecule has 1 fully saturated rings. The van der Waals surface area contributed by atoms with Gasteiger partial charge in [0.1, 0.15) is 6.04 Å². The maximum absolute atomic E-state index is 12.9. The van der Waals surface area contributed by atoms with Crippen molar-refractivity contribution in [3.8, 4) is 11.3 Å². The molecule has 9 nitrogen and oxygen atoms in total. The summed E-state index contributed by atoms with van der Waals surface area (Å²) in [6.45, 7) is 0.562. The van der Waals surface area contributed by atoms with Crippen LogP contribution in [0.4, 0.5) is 0 Å².